The van der Waals surface area contributed by atoms with Gasteiger partial charge < -0.3 is 0 Å². The minimum atomic E-state index is -0.0344. The van der Waals surface area contributed by atoms with Crippen molar-refractivity contribution in [2.24, 2.45) is 20.5 Å². The van der Waals surface area contributed by atoms with Crippen LogP contribution in [-0.4, -0.2) is 22.2 Å². The van der Waals surface area contributed by atoms with Crippen LogP contribution in [0.25, 0.3) is 0 Å². The van der Waals surface area contributed by atoms with Crippen LogP contribution in [0.5, 0.6) is 0 Å². The van der Waals surface area contributed by atoms with Crippen molar-refractivity contribution in [1.82, 2.24) is 0 Å². The SMILES string of the molecule is CC(C)(C)N=NC(C)(C)C.CC(C)(C)N=NC(C)(C)C. The van der Waals surface area contributed by atoms with E-state index in [1.54, 1.807) is 0 Å². The van der Waals surface area contributed by atoms with Crippen molar-refractivity contribution in [2.75, 3.05) is 0 Å². The Kier molecular flexibility index (Phi) is 7.82. The summed E-state index contributed by atoms with van der Waals surface area (Å²) in [7, 11) is 0. The molecule has 0 aliphatic carbocycles. The van der Waals surface area contributed by atoms with Gasteiger partial charge in [-0.05, 0) is 83.1 Å². The quantitative estimate of drug-likeness (QED) is 0.485. The summed E-state index contributed by atoms with van der Waals surface area (Å²) < 4.78 is 0. The molecule has 0 aliphatic rings. The minimum Gasteiger partial charge on any atom is -0.188 e. The van der Waals surface area contributed by atoms with E-state index in [1.165, 1.54) is 0 Å². The first-order valence-corrected chi connectivity index (χ1v) is 7.29. The van der Waals surface area contributed by atoms with Crippen LogP contribution in [0.1, 0.15) is 83.1 Å². The van der Waals surface area contributed by atoms with Gasteiger partial charge in [0.1, 0.15) is 0 Å². The van der Waals surface area contributed by atoms with Gasteiger partial charge in [-0.2, -0.15) is 20.5 Å². The Hall–Kier alpha value is -0.800. The first kappa shape index (κ1) is 21.5. The molecule has 0 unspecified atom stereocenters. The van der Waals surface area contributed by atoms with Gasteiger partial charge in [-0.3, -0.25) is 0 Å². The normalized spacial score (nSPS) is 14.6. The summed E-state index contributed by atoms with van der Waals surface area (Å²) in [6, 6.07) is 0. The summed E-state index contributed by atoms with van der Waals surface area (Å²) in [6.45, 7) is 24.5. The van der Waals surface area contributed by atoms with Crippen molar-refractivity contribution in [3.05, 3.63) is 0 Å². The number of hydrogen-bond donors (Lipinski definition) is 0. The zero-order valence-corrected chi connectivity index (χ0v) is 15.8. The van der Waals surface area contributed by atoms with Crippen molar-refractivity contribution in [3.63, 3.8) is 0 Å². The molecule has 0 heterocycles. The van der Waals surface area contributed by atoms with Crippen LogP contribution < -0.4 is 0 Å². The molecule has 0 bridgehead atoms. The van der Waals surface area contributed by atoms with E-state index >= 15 is 0 Å². The fraction of sp³-hybridized carbons (Fsp3) is 1.00. The Balaban J connectivity index is 0. The van der Waals surface area contributed by atoms with Gasteiger partial charge >= 0.3 is 0 Å². The van der Waals surface area contributed by atoms with Crippen LogP contribution >= 0.6 is 0 Å². The van der Waals surface area contributed by atoms with Crippen LogP contribution in [0.3, 0.4) is 0 Å². The van der Waals surface area contributed by atoms with Crippen molar-refractivity contribution >= 4 is 0 Å². The summed E-state index contributed by atoms with van der Waals surface area (Å²) in [5.74, 6) is 0. The van der Waals surface area contributed by atoms with E-state index in [4.69, 9.17) is 0 Å². The average molecular weight is 284 g/mol. The molecule has 0 N–H and O–H groups in total. The van der Waals surface area contributed by atoms with E-state index < -0.39 is 0 Å². The van der Waals surface area contributed by atoms with Gasteiger partial charge in [0, 0.05) is 0 Å². The van der Waals surface area contributed by atoms with Gasteiger partial charge in [0.25, 0.3) is 0 Å². The van der Waals surface area contributed by atoms with E-state index in [0.29, 0.717) is 0 Å². The maximum Gasteiger partial charge on any atom is 0.0732 e. The Morgan fingerprint density at radius 1 is 0.300 bits per heavy atom. The predicted molar refractivity (Wildman–Crippen MR) is 88.7 cm³/mol. The molecule has 0 amide bonds. The number of nitrogens with zero attached hydrogens (tertiary/aromatic N) is 4. The maximum atomic E-state index is 4.15. The third-order valence-electron chi connectivity index (χ3n) is 1.30. The lowest BCUT2D eigenvalue weighted by Gasteiger charge is -2.15. The number of hydrogen-bond acceptors (Lipinski definition) is 4. The third-order valence-corrected chi connectivity index (χ3v) is 1.30. The predicted octanol–water partition coefficient (Wildman–Crippen LogP) is 6.07. The van der Waals surface area contributed by atoms with Crippen LogP contribution in [-0.2, 0) is 0 Å². The highest BCUT2D eigenvalue weighted by molar-refractivity contribution is 4.73. The molecule has 4 heteroatoms. The van der Waals surface area contributed by atoms with E-state index in [9.17, 15) is 0 Å². The molecule has 0 rings (SSSR count). The zero-order chi connectivity index (χ0) is 16.8. The number of rotatable bonds is 0. The van der Waals surface area contributed by atoms with Crippen LogP contribution in [0.4, 0.5) is 0 Å². The molecular formula is C16H36N4. The monoisotopic (exact) mass is 284 g/mol. The van der Waals surface area contributed by atoms with Gasteiger partial charge in [-0.1, -0.05) is 0 Å². The molecule has 0 aromatic carbocycles. The van der Waals surface area contributed by atoms with Crippen molar-refractivity contribution in [1.29, 1.82) is 0 Å². The molecule has 0 atom stereocenters. The van der Waals surface area contributed by atoms with E-state index in [2.05, 4.69) is 20.5 Å². The van der Waals surface area contributed by atoms with Gasteiger partial charge in [0.05, 0.1) is 22.2 Å². The summed E-state index contributed by atoms with van der Waals surface area (Å²) in [4.78, 5) is 0. The van der Waals surface area contributed by atoms with E-state index in [-0.39, 0.29) is 22.2 Å². The molecule has 0 saturated heterocycles. The smallest absolute Gasteiger partial charge is 0.0732 e. The fourth-order valence-corrected chi connectivity index (χ4v) is 0.600. The van der Waals surface area contributed by atoms with Gasteiger partial charge in [0.15, 0.2) is 0 Å². The molecular weight excluding hydrogens is 248 g/mol. The Morgan fingerprint density at radius 2 is 0.400 bits per heavy atom. The second-order valence-electron chi connectivity index (χ2n) is 9.08. The lowest BCUT2D eigenvalue weighted by molar-refractivity contribution is 0.465. The molecule has 0 spiro atoms. The number of azo groups is 2. The molecule has 0 aromatic heterocycles. The Morgan fingerprint density at radius 3 is 0.450 bits per heavy atom. The van der Waals surface area contributed by atoms with Crippen LogP contribution in [0.2, 0.25) is 0 Å². The summed E-state index contributed by atoms with van der Waals surface area (Å²) >= 11 is 0. The largest absolute Gasteiger partial charge is 0.188 e. The van der Waals surface area contributed by atoms with Crippen LogP contribution in [0.15, 0.2) is 20.5 Å². The molecule has 20 heavy (non-hydrogen) atoms. The van der Waals surface area contributed by atoms with Crippen LogP contribution in [0, 0.1) is 0 Å². The van der Waals surface area contributed by atoms with Gasteiger partial charge in [-0.15, -0.1) is 0 Å². The second-order valence-corrected chi connectivity index (χ2v) is 9.08. The lowest BCUT2D eigenvalue weighted by atomic mass is 10.1. The van der Waals surface area contributed by atoms with Crippen molar-refractivity contribution < 1.29 is 0 Å². The Bertz CT molecular complexity index is 248. The standard InChI is InChI=1S/2C8H18N2/c2*1-7(2,3)9-10-8(4,5)6/h2*1-6H3. The van der Waals surface area contributed by atoms with Crippen molar-refractivity contribution in [3.8, 4) is 0 Å². The molecule has 0 radical (unpaired) electrons. The van der Waals surface area contributed by atoms with Gasteiger partial charge in [0.2, 0.25) is 0 Å². The average Bonchev–Trinajstić information content (AvgIpc) is 2.09. The molecule has 0 fully saturated rings. The highest BCUT2D eigenvalue weighted by atomic mass is 15.2. The fourth-order valence-electron chi connectivity index (χ4n) is 0.600. The molecule has 0 aliphatic heterocycles. The maximum absolute atomic E-state index is 4.15. The summed E-state index contributed by atoms with van der Waals surface area (Å²) in [6.07, 6.45) is 0. The summed E-state index contributed by atoms with van der Waals surface area (Å²) in [5, 5.41) is 16.6. The Labute approximate surface area is 126 Å². The van der Waals surface area contributed by atoms with Gasteiger partial charge in [-0.25, -0.2) is 0 Å². The van der Waals surface area contributed by atoms with E-state index in [1.807, 2.05) is 83.1 Å². The first-order valence-electron chi connectivity index (χ1n) is 7.29. The molecule has 4 nitrogen and oxygen atoms in total. The minimum absolute atomic E-state index is 0.0344. The molecule has 0 aromatic rings. The lowest BCUT2D eigenvalue weighted by Crippen LogP contribution is -2.14. The topological polar surface area (TPSA) is 49.4 Å². The molecule has 120 valence electrons. The zero-order valence-electron chi connectivity index (χ0n) is 15.8. The second kappa shape index (κ2) is 7.28. The first-order chi connectivity index (χ1) is 8.41. The highest BCUT2D eigenvalue weighted by Gasteiger charge is 2.12. The third kappa shape index (κ3) is 25.9. The van der Waals surface area contributed by atoms with Crippen molar-refractivity contribution in [2.45, 2.75) is 105 Å². The summed E-state index contributed by atoms with van der Waals surface area (Å²) in [5.41, 5.74) is -0.138. The van der Waals surface area contributed by atoms with E-state index in [0.717, 1.165) is 0 Å². The highest BCUT2D eigenvalue weighted by Crippen LogP contribution is 2.14. The molecule has 0 saturated carbocycles.